The van der Waals surface area contributed by atoms with Crippen LogP contribution in [0.3, 0.4) is 0 Å². The fraction of sp³-hybridized carbons (Fsp3) is 0.143. The molecule has 0 N–H and O–H groups in total. The van der Waals surface area contributed by atoms with Crippen molar-refractivity contribution in [3.63, 3.8) is 0 Å². The SMILES string of the molecule is COc1cc([N+](=O)[O-])c(S)cc1F. The molecule has 0 fully saturated rings. The Morgan fingerprint density at radius 1 is 1.62 bits per heavy atom. The molecule has 0 bridgehead atoms. The smallest absolute Gasteiger partial charge is 0.286 e. The standard InChI is InChI=1S/C7H6FNO3S/c1-12-6-3-5(9(10)11)7(13)2-4(6)8/h2-3,13H,1H3. The second-order valence-corrected chi connectivity index (χ2v) is 2.71. The third-order valence-electron chi connectivity index (χ3n) is 1.45. The predicted octanol–water partition coefficient (Wildman–Crippen LogP) is 2.03. The number of rotatable bonds is 2. The first kappa shape index (κ1) is 9.79. The number of nitro groups is 1. The van der Waals surface area contributed by atoms with Crippen LogP contribution in [0.4, 0.5) is 10.1 Å². The number of thiol groups is 1. The maximum Gasteiger partial charge on any atom is 0.286 e. The van der Waals surface area contributed by atoms with Crippen LogP contribution >= 0.6 is 12.6 Å². The van der Waals surface area contributed by atoms with Crippen molar-refractivity contribution in [2.24, 2.45) is 0 Å². The summed E-state index contributed by atoms with van der Waals surface area (Å²) < 4.78 is 17.5. The van der Waals surface area contributed by atoms with Crippen LogP contribution in [0.15, 0.2) is 17.0 Å². The van der Waals surface area contributed by atoms with E-state index < -0.39 is 10.7 Å². The van der Waals surface area contributed by atoms with Crippen molar-refractivity contribution >= 4 is 18.3 Å². The highest BCUT2D eigenvalue weighted by Crippen LogP contribution is 2.29. The third-order valence-corrected chi connectivity index (χ3v) is 1.80. The van der Waals surface area contributed by atoms with Gasteiger partial charge in [-0.05, 0) is 6.07 Å². The van der Waals surface area contributed by atoms with Crippen molar-refractivity contribution in [3.05, 3.63) is 28.1 Å². The first-order valence-electron chi connectivity index (χ1n) is 3.27. The molecular weight excluding hydrogens is 197 g/mol. The van der Waals surface area contributed by atoms with Gasteiger partial charge < -0.3 is 4.74 Å². The number of nitro benzene ring substituents is 1. The largest absolute Gasteiger partial charge is 0.493 e. The van der Waals surface area contributed by atoms with Crippen molar-refractivity contribution in [1.82, 2.24) is 0 Å². The number of benzene rings is 1. The van der Waals surface area contributed by atoms with Crippen LogP contribution in [-0.2, 0) is 0 Å². The molecule has 4 nitrogen and oxygen atoms in total. The van der Waals surface area contributed by atoms with E-state index in [-0.39, 0.29) is 16.3 Å². The fourth-order valence-electron chi connectivity index (χ4n) is 0.835. The van der Waals surface area contributed by atoms with Gasteiger partial charge in [-0.3, -0.25) is 10.1 Å². The molecule has 0 saturated carbocycles. The predicted molar refractivity (Wildman–Crippen MR) is 46.9 cm³/mol. The van der Waals surface area contributed by atoms with Crippen molar-refractivity contribution in [2.75, 3.05) is 7.11 Å². The van der Waals surface area contributed by atoms with E-state index in [9.17, 15) is 14.5 Å². The normalized spacial score (nSPS) is 9.77. The summed E-state index contributed by atoms with van der Waals surface area (Å²) in [6.07, 6.45) is 0. The molecule has 0 atom stereocenters. The Hall–Kier alpha value is -1.30. The van der Waals surface area contributed by atoms with Crippen LogP contribution in [0.25, 0.3) is 0 Å². The summed E-state index contributed by atoms with van der Waals surface area (Å²) in [5.74, 6) is -0.831. The quantitative estimate of drug-likeness (QED) is 0.454. The molecule has 1 aromatic carbocycles. The minimum absolute atomic E-state index is 0.0247. The maximum absolute atomic E-state index is 12.9. The second kappa shape index (κ2) is 3.61. The number of halogens is 1. The highest BCUT2D eigenvalue weighted by molar-refractivity contribution is 7.80. The molecule has 0 spiro atoms. The van der Waals surface area contributed by atoms with Gasteiger partial charge in [0, 0.05) is 0 Å². The number of hydrogen-bond acceptors (Lipinski definition) is 4. The van der Waals surface area contributed by atoms with E-state index >= 15 is 0 Å². The van der Waals surface area contributed by atoms with Crippen molar-refractivity contribution in [2.45, 2.75) is 4.90 Å². The van der Waals surface area contributed by atoms with Crippen LogP contribution in [0.1, 0.15) is 0 Å². The summed E-state index contributed by atoms with van der Waals surface area (Å²) in [5, 5.41) is 10.4. The summed E-state index contributed by atoms with van der Waals surface area (Å²) in [6.45, 7) is 0. The summed E-state index contributed by atoms with van der Waals surface area (Å²) in [7, 11) is 1.24. The van der Waals surface area contributed by atoms with E-state index in [1.165, 1.54) is 7.11 Å². The summed E-state index contributed by atoms with van der Waals surface area (Å²) >= 11 is 3.76. The van der Waals surface area contributed by atoms with Gasteiger partial charge in [-0.2, -0.15) is 0 Å². The lowest BCUT2D eigenvalue weighted by molar-refractivity contribution is -0.387. The van der Waals surface area contributed by atoms with Crippen LogP contribution in [-0.4, -0.2) is 12.0 Å². The molecule has 0 heterocycles. The van der Waals surface area contributed by atoms with Gasteiger partial charge >= 0.3 is 0 Å². The molecule has 6 heteroatoms. The van der Waals surface area contributed by atoms with E-state index in [1.54, 1.807) is 0 Å². The van der Waals surface area contributed by atoms with E-state index in [2.05, 4.69) is 17.4 Å². The zero-order chi connectivity index (χ0) is 10.0. The van der Waals surface area contributed by atoms with Gasteiger partial charge in [-0.15, -0.1) is 12.6 Å². The molecular formula is C7H6FNO3S. The Morgan fingerprint density at radius 3 is 2.69 bits per heavy atom. The van der Waals surface area contributed by atoms with Crippen LogP contribution < -0.4 is 4.74 Å². The first-order chi connectivity index (χ1) is 6.06. The van der Waals surface area contributed by atoms with Crippen LogP contribution in [0.2, 0.25) is 0 Å². The molecule has 0 aliphatic carbocycles. The maximum atomic E-state index is 12.9. The molecule has 0 amide bonds. The van der Waals surface area contributed by atoms with Crippen LogP contribution in [0.5, 0.6) is 5.75 Å². The molecule has 0 aliphatic rings. The molecule has 70 valence electrons. The second-order valence-electron chi connectivity index (χ2n) is 2.23. The highest BCUT2D eigenvalue weighted by atomic mass is 32.1. The lowest BCUT2D eigenvalue weighted by Crippen LogP contribution is -1.94. The third kappa shape index (κ3) is 1.89. The first-order valence-corrected chi connectivity index (χ1v) is 3.72. The Morgan fingerprint density at radius 2 is 2.23 bits per heavy atom. The fourth-order valence-corrected chi connectivity index (χ4v) is 1.09. The Labute approximate surface area is 78.9 Å². The molecule has 13 heavy (non-hydrogen) atoms. The van der Waals surface area contributed by atoms with Gasteiger partial charge in [0.05, 0.1) is 23.0 Å². The average molecular weight is 203 g/mol. The Balaban J connectivity index is 3.30. The lowest BCUT2D eigenvalue weighted by Gasteiger charge is -2.02. The number of nitrogens with zero attached hydrogens (tertiary/aromatic N) is 1. The van der Waals surface area contributed by atoms with E-state index in [1.807, 2.05) is 0 Å². The summed E-state index contributed by atoms with van der Waals surface area (Å²) in [5.41, 5.74) is -0.276. The molecule has 0 aliphatic heterocycles. The Bertz CT molecular complexity index is 356. The van der Waals surface area contributed by atoms with E-state index in [0.29, 0.717) is 0 Å². The van der Waals surface area contributed by atoms with Gasteiger partial charge in [0.15, 0.2) is 11.6 Å². The molecule has 0 saturated heterocycles. The molecule has 1 aromatic rings. The monoisotopic (exact) mass is 203 g/mol. The van der Waals surface area contributed by atoms with Gasteiger partial charge in [0.1, 0.15) is 0 Å². The zero-order valence-corrected chi connectivity index (χ0v) is 7.55. The van der Waals surface area contributed by atoms with Gasteiger partial charge in [-0.25, -0.2) is 4.39 Å². The van der Waals surface area contributed by atoms with Gasteiger partial charge in [0.2, 0.25) is 0 Å². The molecule has 0 radical (unpaired) electrons. The molecule has 1 rings (SSSR count). The minimum Gasteiger partial charge on any atom is -0.493 e. The van der Waals surface area contributed by atoms with Crippen molar-refractivity contribution in [3.8, 4) is 5.75 Å². The number of hydrogen-bond donors (Lipinski definition) is 1. The summed E-state index contributed by atoms with van der Waals surface area (Å²) in [4.78, 5) is 9.71. The van der Waals surface area contributed by atoms with Crippen molar-refractivity contribution < 1.29 is 14.1 Å². The van der Waals surface area contributed by atoms with Gasteiger partial charge in [0.25, 0.3) is 5.69 Å². The summed E-state index contributed by atoms with van der Waals surface area (Å²) in [6, 6.07) is 1.94. The minimum atomic E-state index is -0.668. The highest BCUT2D eigenvalue weighted by Gasteiger charge is 2.16. The lowest BCUT2D eigenvalue weighted by atomic mass is 10.3. The van der Waals surface area contributed by atoms with Gasteiger partial charge in [-0.1, -0.05) is 0 Å². The number of methoxy groups -OCH3 is 1. The topological polar surface area (TPSA) is 52.4 Å². The Kier molecular flexibility index (Phi) is 2.72. The van der Waals surface area contributed by atoms with Crippen molar-refractivity contribution in [1.29, 1.82) is 0 Å². The van der Waals surface area contributed by atoms with E-state index in [0.717, 1.165) is 12.1 Å². The average Bonchev–Trinajstić information content (AvgIpc) is 2.03. The molecule has 0 unspecified atom stereocenters. The number of ether oxygens (including phenoxy) is 1. The van der Waals surface area contributed by atoms with E-state index in [4.69, 9.17) is 0 Å². The van der Waals surface area contributed by atoms with Crippen LogP contribution in [0, 0.1) is 15.9 Å². The zero-order valence-electron chi connectivity index (χ0n) is 6.65. The molecule has 0 aromatic heterocycles.